The van der Waals surface area contributed by atoms with Crippen LogP contribution in [0.1, 0.15) is 40.5 Å². The van der Waals surface area contributed by atoms with E-state index in [1.807, 2.05) is 23.6 Å². The highest BCUT2D eigenvalue weighted by molar-refractivity contribution is 5.81. The zero-order valence-corrected chi connectivity index (χ0v) is 12.6. The Labute approximate surface area is 116 Å². The molecule has 0 saturated carbocycles. The maximum Gasteiger partial charge on any atom is 0.239 e. The van der Waals surface area contributed by atoms with Gasteiger partial charge in [-0.2, -0.15) is 0 Å². The fraction of sp³-hybridized carbons (Fsp3) is 0.857. The summed E-state index contributed by atoms with van der Waals surface area (Å²) in [4.78, 5) is 27.2. The van der Waals surface area contributed by atoms with Gasteiger partial charge in [0.1, 0.15) is 0 Å². The summed E-state index contributed by atoms with van der Waals surface area (Å²) >= 11 is 0. The first-order valence-corrected chi connectivity index (χ1v) is 7.14. The van der Waals surface area contributed by atoms with Crippen molar-refractivity contribution in [2.24, 2.45) is 11.7 Å². The van der Waals surface area contributed by atoms with Crippen molar-refractivity contribution in [2.75, 3.05) is 19.6 Å². The predicted octanol–water partition coefficient (Wildman–Crippen LogP) is 0.829. The Bertz CT molecular complexity index is 329. The third-order valence-electron chi connectivity index (χ3n) is 3.70. The van der Waals surface area contributed by atoms with Gasteiger partial charge in [-0.15, -0.1) is 0 Å². The monoisotopic (exact) mass is 269 g/mol. The minimum absolute atomic E-state index is 0.0172. The molecule has 2 N–H and O–H groups in total. The summed E-state index contributed by atoms with van der Waals surface area (Å²) in [7, 11) is 0. The van der Waals surface area contributed by atoms with Crippen LogP contribution in [0.25, 0.3) is 0 Å². The number of rotatable bonds is 4. The Hall–Kier alpha value is -1.10. The molecule has 0 spiro atoms. The fourth-order valence-corrected chi connectivity index (χ4v) is 2.68. The van der Waals surface area contributed by atoms with Crippen LogP contribution in [0.4, 0.5) is 0 Å². The van der Waals surface area contributed by atoms with E-state index in [-0.39, 0.29) is 17.9 Å². The third-order valence-corrected chi connectivity index (χ3v) is 3.70. The van der Waals surface area contributed by atoms with Crippen molar-refractivity contribution in [1.82, 2.24) is 9.80 Å². The van der Waals surface area contributed by atoms with Crippen molar-refractivity contribution in [3.05, 3.63) is 0 Å². The molecule has 19 heavy (non-hydrogen) atoms. The number of hydrogen-bond donors (Lipinski definition) is 1. The SMILES string of the molecule is CC(=O)N(C[C@@H]1CCCN(C(=O)[C@H](C)N)C1)C(C)C. The second kappa shape index (κ2) is 6.89. The zero-order chi connectivity index (χ0) is 14.6. The van der Waals surface area contributed by atoms with E-state index in [1.54, 1.807) is 13.8 Å². The van der Waals surface area contributed by atoms with Crippen LogP contribution in [-0.4, -0.2) is 53.3 Å². The first-order chi connectivity index (χ1) is 8.82. The Morgan fingerprint density at radius 1 is 1.37 bits per heavy atom. The maximum atomic E-state index is 11.9. The highest BCUT2D eigenvalue weighted by atomic mass is 16.2. The first-order valence-electron chi connectivity index (χ1n) is 7.14. The molecule has 0 bridgehead atoms. The van der Waals surface area contributed by atoms with E-state index in [2.05, 4.69) is 0 Å². The smallest absolute Gasteiger partial charge is 0.239 e. The van der Waals surface area contributed by atoms with Crippen molar-refractivity contribution >= 4 is 11.8 Å². The number of likely N-dealkylation sites (tertiary alicyclic amines) is 1. The summed E-state index contributed by atoms with van der Waals surface area (Å²) in [5, 5.41) is 0. The second-order valence-electron chi connectivity index (χ2n) is 5.85. The average Bonchev–Trinajstić information content (AvgIpc) is 2.34. The molecular weight excluding hydrogens is 242 g/mol. The normalized spacial score (nSPS) is 21.4. The van der Waals surface area contributed by atoms with Crippen LogP contribution in [0.3, 0.4) is 0 Å². The molecule has 0 radical (unpaired) electrons. The molecule has 0 aliphatic carbocycles. The van der Waals surface area contributed by atoms with Crippen molar-refractivity contribution < 1.29 is 9.59 Å². The lowest BCUT2D eigenvalue weighted by Gasteiger charge is -2.37. The van der Waals surface area contributed by atoms with Crippen molar-refractivity contribution in [3.63, 3.8) is 0 Å². The predicted molar refractivity (Wildman–Crippen MR) is 75.5 cm³/mol. The molecule has 1 saturated heterocycles. The largest absolute Gasteiger partial charge is 0.341 e. The summed E-state index contributed by atoms with van der Waals surface area (Å²) in [6.45, 7) is 9.62. The van der Waals surface area contributed by atoms with Gasteiger partial charge in [0.2, 0.25) is 11.8 Å². The lowest BCUT2D eigenvalue weighted by atomic mass is 9.96. The van der Waals surface area contributed by atoms with Gasteiger partial charge in [0.15, 0.2) is 0 Å². The van der Waals surface area contributed by atoms with E-state index in [0.717, 1.165) is 32.5 Å². The molecule has 5 nitrogen and oxygen atoms in total. The van der Waals surface area contributed by atoms with E-state index in [1.165, 1.54) is 0 Å². The molecule has 0 aromatic heterocycles. The maximum absolute atomic E-state index is 11.9. The van der Waals surface area contributed by atoms with Crippen LogP contribution in [0.15, 0.2) is 0 Å². The van der Waals surface area contributed by atoms with E-state index < -0.39 is 6.04 Å². The summed E-state index contributed by atoms with van der Waals surface area (Å²) < 4.78 is 0. The number of piperidine rings is 1. The molecule has 1 rings (SSSR count). The minimum Gasteiger partial charge on any atom is -0.341 e. The number of carbonyl (C=O) groups is 2. The van der Waals surface area contributed by atoms with Gasteiger partial charge in [0.05, 0.1) is 6.04 Å². The number of nitrogens with zero attached hydrogens (tertiary/aromatic N) is 2. The molecule has 1 heterocycles. The van der Waals surface area contributed by atoms with E-state index in [9.17, 15) is 9.59 Å². The molecule has 5 heteroatoms. The van der Waals surface area contributed by atoms with Crippen molar-refractivity contribution in [3.8, 4) is 0 Å². The summed E-state index contributed by atoms with van der Waals surface area (Å²) in [5.41, 5.74) is 5.65. The molecule has 1 aliphatic rings. The van der Waals surface area contributed by atoms with E-state index in [4.69, 9.17) is 5.73 Å². The fourth-order valence-electron chi connectivity index (χ4n) is 2.68. The molecule has 0 aromatic carbocycles. The average molecular weight is 269 g/mol. The first kappa shape index (κ1) is 16.0. The van der Waals surface area contributed by atoms with Gasteiger partial charge >= 0.3 is 0 Å². The molecule has 2 atom stereocenters. The Balaban J connectivity index is 2.59. The van der Waals surface area contributed by atoms with Crippen LogP contribution in [-0.2, 0) is 9.59 Å². The Kier molecular flexibility index (Phi) is 5.79. The van der Waals surface area contributed by atoms with Crippen molar-refractivity contribution in [2.45, 2.75) is 52.6 Å². The van der Waals surface area contributed by atoms with Gasteiger partial charge in [0.25, 0.3) is 0 Å². The molecule has 1 fully saturated rings. The zero-order valence-electron chi connectivity index (χ0n) is 12.6. The van der Waals surface area contributed by atoms with Crippen LogP contribution >= 0.6 is 0 Å². The summed E-state index contributed by atoms with van der Waals surface area (Å²) in [6.07, 6.45) is 2.06. The van der Waals surface area contributed by atoms with Gasteiger partial charge in [-0.25, -0.2) is 0 Å². The molecule has 110 valence electrons. The highest BCUT2D eigenvalue weighted by Gasteiger charge is 2.27. The number of carbonyl (C=O) groups excluding carboxylic acids is 2. The van der Waals surface area contributed by atoms with Crippen LogP contribution < -0.4 is 5.73 Å². The lowest BCUT2D eigenvalue weighted by Crippen LogP contribution is -2.49. The molecule has 2 amide bonds. The summed E-state index contributed by atoms with van der Waals surface area (Å²) in [5.74, 6) is 0.483. The van der Waals surface area contributed by atoms with E-state index >= 15 is 0 Å². The topological polar surface area (TPSA) is 66.6 Å². The molecule has 0 aromatic rings. The second-order valence-corrected chi connectivity index (χ2v) is 5.85. The van der Waals surface area contributed by atoms with Gasteiger partial charge in [-0.3, -0.25) is 9.59 Å². The molecule has 1 aliphatic heterocycles. The highest BCUT2D eigenvalue weighted by Crippen LogP contribution is 2.19. The van der Waals surface area contributed by atoms with Crippen LogP contribution in [0, 0.1) is 5.92 Å². The van der Waals surface area contributed by atoms with Gasteiger partial charge in [0, 0.05) is 32.6 Å². The quantitative estimate of drug-likeness (QED) is 0.822. The molecule has 0 unspecified atom stereocenters. The number of hydrogen-bond acceptors (Lipinski definition) is 3. The van der Waals surface area contributed by atoms with Gasteiger partial charge < -0.3 is 15.5 Å². The van der Waals surface area contributed by atoms with Gasteiger partial charge in [-0.05, 0) is 39.5 Å². The number of amides is 2. The Morgan fingerprint density at radius 2 is 2.00 bits per heavy atom. The molecular formula is C14H27N3O2. The van der Waals surface area contributed by atoms with Crippen LogP contribution in [0.5, 0.6) is 0 Å². The lowest BCUT2D eigenvalue weighted by molar-refractivity contribution is -0.135. The van der Waals surface area contributed by atoms with E-state index in [0.29, 0.717) is 5.92 Å². The Morgan fingerprint density at radius 3 is 2.47 bits per heavy atom. The number of nitrogens with two attached hydrogens (primary N) is 1. The van der Waals surface area contributed by atoms with Gasteiger partial charge in [-0.1, -0.05) is 0 Å². The van der Waals surface area contributed by atoms with Crippen LogP contribution in [0.2, 0.25) is 0 Å². The minimum atomic E-state index is -0.437. The third kappa shape index (κ3) is 4.49. The standard InChI is InChI=1S/C14H27N3O2/c1-10(2)17(12(4)18)9-13-6-5-7-16(8-13)14(19)11(3)15/h10-11,13H,5-9,15H2,1-4H3/t11-,13+/m0/s1. The summed E-state index contributed by atoms with van der Waals surface area (Å²) in [6, 6.07) is -0.232. The van der Waals surface area contributed by atoms with Crippen molar-refractivity contribution in [1.29, 1.82) is 0 Å².